The summed E-state index contributed by atoms with van der Waals surface area (Å²) < 4.78 is 31.3. The first-order valence-electron chi connectivity index (χ1n) is 10.0. The monoisotopic (exact) mass is 396 g/mol. The van der Waals surface area contributed by atoms with Gasteiger partial charge in [-0.25, -0.2) is 4.39 Å². The van der Waals surface area contributed by atoms with E-state index in [4.69, 9.17) is 14.2 Å². The van der Waals surface area contributed by atoms with Crippen LogP contribution in [-0.4, -0.2) is 18.0 Å². The molecule has 1 fully saturated rings. The quantitative estimate of drug-likeness (QED) is 0.712. The number of Topliss-reactive ketones (excluding diaryl/α,β-unsaturated/α-hetero) is 1. The zero-order chi connectivity index (χ0) is 20.4. The molecule has 29 heavy (non-hydrogen) atoms. The lowest BCUT2D eigenvalue weighted by Gasteiger charge is -2.37. The number of fused-ring (bicyclic) bond motifs is 1. The van der Waals surface area contributed by atoms with Crippen molar-refractivity contribution in [3.8, 4) is 5.75 Å². The minimum Gasteiger partial charge on any atom is -0.493 e. The molecule has 1 aliphatic carbocycles. The van der Waals surface area contributed by atoms with Gasteiger partial charge in [0.2, 0.25) is 11.5 Å². The Morgan fingerprint density at radius 1 is 1.10 bits per heavy atom. The second-order valence-electron chi connectivity index (χ2n) is 7.89. The summed E-state index contributed by atoms with van der Waals surface area (Å²) in [4.78, 5) is 12.9. The predicted molar refractivity (Wildman–Crippen MR) is 107 cm³/mol. The average molecular weight is 396 g/mol. The van der Waals surface area contributed by atoms with E-state index in [1.165, 1.54) is 12.3 Å². The number of carbonyl (C=O) groups is 1. The molecule has 0 N–H and O–H groups in total. The van der Waals surface area contributed by atoms with E-state index in [1.807, 2.05) is 26.0 Å². The van der Waals surface area contributed by atoms with Crippen LogP contribution in [0.1, 0.15) is 36.0 Å². The van der Waals surface area contributed by atoms with E-state index in [0.29, 0.717) is 24.2 Å². The van der Waals surface area contributed by atoms with Crippen LogP contribution in [0.4, 0.5) is 4.39 Å². The molecule has 0 spiro atoms. The SMILES string of the molecule is Cc1cc(C)cc(OC2=COC3CC(OCc4ccccc4F)CCC3C2=O)c1. The van der Waals surface area contributed by atoms with Crippen molar-refractivity contribution in [1.29, 1.82) is 0 Å². The van der Waals surface area contributed by atoms with E-state index in [9.17, 15) is 9.18 Å². The Labute approximate surface area is 170 Å². The van der Waals surface area contributed by atoms with Crippen LogP contribution in [0.2, 0.25) is 0 Å². The molecule has 5 heteroatoms. The van der Waals surface area contributed by atoms with Gasteiger partial charge in [-0.3, -0.25) is 4.79 Å². The molecule has 0 aromatic heterocycles. The van der Waals surface area contributed by atoms with Crippen LogP contribution in [0.25, 0.3) is 0 Å². The van der Waals surface area contributed by atoms with Gasteiger partial charge in [0.1, 0.15) is 23.9 Å². The van der Waals surface area contributed by atoms with E-state index in [2.05, 4.69) is 6.07 Å². The van der Waals surface area contributed by atoms with E-state index in [1.54, 1.807) is 18.2 Å². The van der Waals surface area contributed by atoms with Gasteiger partial charge in [0.05, 0.1) is 18.6 Å². The zero-order valence-corrected chi connectivity index (χ0v) is 16.7. The Hall–Kier alpha value is -2.66. The van der Waals surface area contributed by atoms with Crippen molar-refractivity contribution in [3.05, 3.63) is 77.0 Å². The molecule has 3 unspecified atom stereocenters. The Bertz CT molecular complexity index is 916. The lowest BCUT2D eigenvalue weighted by molar-refractivity contribution is -0.134. The van der Waals surface area contributed by atoms with Gasteiger partial charge in [0.15, 0.2) is 0 Å². The van der Waals surface area contributed by atoms with E-state index < -0.39 is 0 Å². The third-order valence-electron chi connectivity index (χ3n) is 5.53. The van der Waals surface area contributed by atoms with Crippen LogP contribution >= 0.6 is 0 Å². The average Bonchev–Trinajstić information content (AvgIpc) is 2.69. The van der Waals surface area contributed by atoms with Gasteiger partial charge in [-0.1, -0.05) is 24.3 Å². The molecule has 1 aliphatic heterocycles. The fourth-order valence-electron chi connectivity index (χ4n) is 4.10. The van der Waals surface area contributed by atoms with Crippen LogP contribution in [0, 0.1) is 25.6 Å². The number of hydrogen-bond donors (Lipinski definition) is 0. The molecule has 0 saturated heterocycles. The Morgan fingerprint density at radius 2 is 1.86 bits per heavy atom. The van der Waals surface area contributed by atoms with Gasteiger partial charge in [0.25, 0.3) is 0 Å². The van der Waals surface area contributed by atoms with Gasteiger partial charge in [-0.05, 0) is 56.0 Å². The van der Waals surface area contributed by atoms with E-state index in [-0.39, 0.29) is 42.1 Å². The molecule has 1 saturated carbocycles. The fraction of sp³-hybridized carbons (Fsp3) is 0.375. The van der Waals surface area contributed by atoms with Crippen LogP contribution in [0.5, 0.6) is 5.75 Å². The number of ketones is 1. The van der Waals surface area contributed by atoms with Crippen molar-refractivity contribution in [2.24, 2.45) is 5.92 Å². The smallest absolute Gasteiger partial charge is 0.207 e. The summed E-state index contributed by atoms with van der Waals surface area (Å²) in [6.07, 6.45) is 3.16. The zero-order valence-electron chi connectivity index (χ0n) is 16.7. The summed E-state index contributed by atoms with van der Waals surface area (Å²) in [7, 11) is 0. The number of ether oxygens (including phenoxy) is 3. The number of hydrogen-bond acceptors (Lipinski definition) is 4. The van der Waals surface area contributed by atoms with Crippen LogP contribution in [0.3, 0.4) is 0 Å². The highest BCUT2D eigenvalue weighted by atomic mass is 19.1. The number of benzene rings is 2. The van der Waals surface area contributed by atoms with E-state index >= 15 is 0 Å². The van der Waals surface area contributed by atoms with Crippen molar-refractivity contribution in [2.75, 3.05) is 0 Å². The van der Waals surface area contributed by atoms with Crippen molar-refractivity contribution in [1.82, 2.24) is 0 Å². The molecule has 4 rings (SSSR count). The van der Waals surface area contributed by atoms with Gasteiger partial charge < -0.3 is 14.2 Å². The number of carbonyl (C=O) groups excluding carboxylic acids is 1. The summed E-state index contributed by atoms with van der Waals surface area (Å²) in [5.74, 6) is 0.386. The standard InChI is InChI=1S/C24H25FO4/c1-15-9-16(2)11-19(10-15)29-23-14-28-22-12-18(7-8-20(22)24(23)26)27-13-17-5-3-4-6-21(17)25/h3-6,9-11,14,18,20,22H,7-8,12-13H2,1-2H3. The maximum absolute atomic E-state index is 13.8. The summed E-state index contributed by atoms with van der Waals surface area (Å²) in [5.41, 5.74) is 2.70. The molecule has 2 aromatic rings. The van der Waals surface area contributed by atoms with Crippen molar-refractivity contribution in [2.45, 2.75) is 51.9 Å². The molecule has 0 bridgehead atoms. The van der Waals surface area contributed by atoms with Gasteiger partial charge in [0, 0.05) is 12.0 Å². The normalized spacial score (nSPS) is 23.8. The molecule has 1 heterocycles. The molecule has 2 aliphatic rings. The number of halogens is 1. The van der Waals surface area contributed by atoms with Gasteiger partial charge in [-0.15, -0.1) is 0 Å². The minimum absolute atomic E-state index is 0.0204. The number of rotatable bonds is 5. The third-order valence-corrected chi connectivity index (χ3v) is 5.53. The Balaban J connectivity index is 1.37. The highest BCUT2D eigenvalue weighted by Crippen LogP contribution is 2.35. The highest BCUT2D eigenvalue weighted by Gasteiger charge is 2.41. The summed E-state index contributed by atoms with van der Waals surface area (Å²) in [6, 6.07) is 12.5. The molecule has 4 nitrogen and oxygen atoms in total. The van der Waals surface area contributed by atoms with Crippen LogP contribution in [0.15, 0.2) is 54.5 Å². The summed E-state index contributed by atoms with van der Waals surface area (Å²) >= 11 is 0. The topological polar surface area (TPSA) is 44.8 Å². The highest BCUT2D eigenvalue weighted by molar-refractivity contribution is 5.96. The maximum atomic E-state index is 13.8. The molecule has 0 amide bonds. The summed E-state index contributed by atoms with van der Waals surface area (Å²) in [6.45, 7) is 4.21. The molecular weight excluding hydrogens is 371 g/mol. The fourth-order valence-corrected chi connectivity index (χ4v) is 4.10. The second-order valence-corrected chi connectivity index (χ2v) is 7.89. The first-order chi connectivity index (χ1) is 14.0. The van der Waals surface area contributed by atoms with Crippen molar-refractivity contribution >= 4 is 5.78 Å². The summed E-state index contributed by atoms with van der Waals surface area (Å²) in [5, 5.41) is 0. The van der Waals surface area contributed by atoms with Crippen LogP contribution in [-0.2, 0) is 20.9 Å². The van der Waals surface area contributed by atoms with Gasteiger partial charge in [-0.2, -0.15) is 0 Å². The van der Waals surface area contributed by atoms with Gasteiger partial charge >= 0.3 is 0 Å². The maximum Gasteiger partial charge on any atom is 0.207 e. The lowest BCUT2D eigenvalue weighted by Crippen LogP contribution is -2.42. The number of allylic oxidation sites excluding steroid dienone is 1. The van der Waals surface area contributed by atoms with Crippen molar-refractivity contribution < 1.29 is 23.4 Å². The number of aryl methyl sites for hydroxylation is 2. The largest absolute Gasteiger partial charge is 0.493 e. The minimum atomic E-state index is -0.263. The first kappa shape index (κ1) is 19.6. The Kier molecular flexibility index (Phi) is 5.67. The van der Waals surface area contributed by atoms with Crippen LogP contribution < -0.4 is 4.74 Å². The molecule has 152 valence electrons. The predicted octanol–water partition coefficient (Wildman–Crippen LogP) is 5.02. The van der Waals surface area contributed by atoms with E-state index in [0.717, 1.165) is 17.5 Å². The third kappa shape index (κ3) is 4.51. The second kappa shape index (κ2) is 8.37. The molecular formula is C24H25FO4. The lowest BCUT2D eigenvalue weighted by atomic mass is 9.80. The van der Waals surface area contributed by atoms with Crippen molar-refractivity contribution in [3.63, 3.8) is 0 Å². The Morgan fingerprint density at radius 3 is 2.62 bits per heavy atom. The molecule has 3 atom stereocenters. The molecule has 0 radical (unpaired) electrons. The first-order valence-corrected chi connectivity index (χ1v) is 10.0. The molecule has 2 aromatic carbocycles.